The maximum atomic E-state index is 12.4. The third kappa shape index (κ3) is 12.7. The van der Waals surface area contributed by atoms with Gasteiger partial charge in [-0.1, -0.05) is 120 Å². The van der Waals surface area contributed by atoms with Crippen molar-refractivity contribution in [2.24, 2.45) is 0 Å². The van der Waals surface area contributed by atoms with Crippen LogP contribution in [0.4, 0.5) is 0 Å². The first-order chi connectivity index (χ1) is 21.1. The van der Waals surface area contributed by atoms with Crippen LogP contribution in [0.3, 0.4) is 0 Å². The zero-order chi connectivity index (χ0) is 31.3. The summed E-state index contributed by atoms with van der Waals surface area (Å²) >= 11 is 0. The van der Waals surface area contributed by atoms with Crippen molar-refractivity contribution in [1.82, 2.24) is 0 Å². The largest absolute Gasteiger partial charge is 0.489 e. The molecule has 230 valence electrons. The van der Waals surface area contributed by atoms with E-state index in [0.29, 0.717) is 19.6 Å². The Kier molecular flexibility index (Phi) is 16.9. The predicted molar refractivity (Wildman–Crippen MR) is 172 cm³/mol. The molecule has 2 unspecified atom stereocenters. The van der Waals surface area contributed by atoms with Crippen molar-refractivity contribution in [1.29, 1.82) is 0 Å². The van der Waals surface area contributed by atoms with E-state index >= 15 is 0 Å². The van der Waals surface area contributed by atoms with Gasteiger partial charge >= 0.3 is 5.97 Å². The molecule has 0 saturated carbocycles. The molecule has 6 nitrogen and oxygen atoms in total. The smallest absolute Gasteiger partial charge is 0.308 e. The van der Waals surface area contributed by atoms with E-state index in [1.54, 1.807) is 0 Å². The summed E-state index contributed by atoms with van der Waals surface area (Å²) in [7, 11) is 0. The molecule has 0 heterocycles. The van der Waals surface area contributed by atoms with Crippen LogP contribution in [0.5, 0.6) is 11.5 Å². The number of hydrogen-bond donors (Lipinski definition) is 1. The summed E-state index contributed by atoms with van der Waals surface area (Å²) in [5.41, 5.74) is 4.15. The van der Waals surface area contributed by atoms with Crippen LogP contribution in [0.2, 0.25) is 0 Å². The van der Waals surface area contributed by atoms with Gasteiger partial charge in [0.1, 0.15) is 30.8 Å². The molecular weight excluding hydrogens is 540 g/mol. The van der Waals surface area contributed by atoms with Gasteiger partial charge in [0.15, 0.2) is 0 Å². The SMILES string of the molecule is CC.CC.CC(c1ccc(OCc2ccccc2)cc1)C(CC(=O)OCCc1ccc(OCc2ccccc2)cc1)OO. The number of esters is 1. The Bertz CT molecular complexity index is 1260. The number of hydrogen-bond acceptors (Lipinski definition) is 6. The molecule has 4 rings (SSSR count). The molecule has 0 aromatic heterocycles. The maximum absolute atomic E-state index is 12.4. The first-order valence-electron chi connectivity index (χ1n) is 15.1. The van der Waals surface area contributed by atoms with E-state index in [4.69, 9.17) is 14.2 Å². The van der Waals surface area contributed by atoms with Crippen molar-refractivity contribution in [2.45, 2.75) is 72.7 Å². The minimum absolute atomic E-state index is 0.0593. The van der Waals surface area contributed by atoms with E-state index in [1.807, 2.05) is 144 Å². The van der Waals surface area contributed by atoms with Crippen molar-refractivity contribution >= 4 is 5.97 Å². The number of ether oxygens (including phenoxy) is 3. The summed E-state index contributed by atoms with van der Waals surface area (Å²) in [6, 6.07) is 35.3. The van der Waals surface area contributed by atoms with Crippen LogP contribution >= 0.6 is 0 Å². The molecular formula is C37H46O6. The second kappa shape index (κ2) is 20.7. The molecule has 43 heavy (non-hydrogen) atoms. The second-order valence-corrected chi connectivity index (χ2v) is 9.37. The third-order valence-electron chi connectivity index (χ3n) is 6.54. The molecule has 4 aromatic carbocycles. The van der Waals surface area contributed by atoms with Gasteiger partial charge in [0, 0.05) is 12.3 Å². The number of benzene rings is 4. The lowest BCUT2D eigenvalue weighted by Crippen LogP contribution is -2.24. The normalized spacial score (nSPS) is 11.5. The summed E-state index contributed by atoms with van der Waals surface area (Å²) in [5, 5.41) is 9.47. The van der Waals surface area contributed by atoms with E-state index in [0.717, 1.165) is 33.8 Å². The molecule has 0 bridgehead atoms. The fourth-order valence-electron chi connectivity index (χ4n) is 4.13. The summed E-state index contributed by atoms with van der Waals surface area (Å²) in [4.78, 5) is 17.1. The standard InChI is InChI=1S/C33H34O6.2C2H6/c1-25(29-14-18-31(19-15-29)38-24-28-10-6-3-7-11-28)32(39-35)22-33(34)36-21-20-26-12-16-30(17-13-26)37-23-27-8-4-2-5-9-27;2*1-2/h2-19,25,32,35H,20-24H2,1H3;2*1-2H3. The van der Waals surface area contributed by atoms with Crippen LogP contribution in [0, 0.1) is 0 Å². The Morgan fingerprint density at radius 1 is 0.651 bits per heavy atom. The van der Waals surface area contributed by atoms with Crippen LogP contribution in [0.25, 0.3) is 0 Å². The van der Waals surface area contributed by atoms with E-state index in [1.165, 1.54) is 0 Å². The molecule has 0 saturated heterocycles. The molecule has 1 N–H and O–H groups in total. The number of carbonyl (C=O) groups excluding carboxylic acids is 1. The Balaban J connectivity index is 0.00000155. The molecule has 0 radical (unpaired) electrons. The van der Waals surface area contributed by atoms with Gasteiger partial charge in [0.25, 0.3) is 0 Å². The van der Waals surface area contributed by atoms with Gasteiger partial charge in [-0.05, 0) is 46.5 Å². The highest BCUT2D eigenvalue weighted by Crippen LogP contribution is 2.26. The second-order valence-electron chi connectivity index (χ2n) is 9.37. The van der Waals surface area contributed by atoms with Crippen LogP contribution in [0.1, 0.15) is 69.2 Å². The van der Waals surface area contributed by atoms with Crippen molar-refractivity contribution in [3.63, 3.8) is 0 Å². The summed E-state index contributed by atoms with van der Waals surface area (Å²) in [6.07, 6.45) is -0.208. The molecule has 0 amide bonds. The highest BCUT2D eigenvalue weighted by Gasteiger charge is 2.24. The summed E-state index contributed by atoms with van der Waals surface area (Å²) < 4.78 is 17.1. The fourth-order valence-corrected chi connectivity index (χ4v) is 4.13. The van der Waals surface area contributed by atoms with Crippen LogP contribution in [-0.4, -0.2) is 23.9 Å². The Labute approximate surface area is 257 Å². The van der Waals surface area contributed by atoms with Crippen molar-refractivity contribution < 1.29 is 29.1 Å². The van der Waals surface area contributed by atoms with Gasteiger partial charge in [-0.3, -0.25) is 10.1 Å². The molecule has 0 aliphatic rings. The maximum Gasteiger partial charge on any atom is 0.308 e. The van der Waals surface area contributed by atoms with Gasteiger partial charge in [-0.25, -0.2) is 4.89 Å². The van der Waals surface area contributed by atoms with Gasteiger partial charge in [0.05, 0.1) is 13.0 Å². The Morgan fingerprint density at radius 3 is 1.58 bits per heavy atom. The molecule has 4 aromatic rings. The minimum atomic E-state index is -0.727. The van der Waals surface area contributed by atoms with E-state index in [2.05, 4.69) is 4.89 Å². The van der Waals surface area contributed by atoms with Gasteiger partial charge in [-0.15, -0.1) is 0 Å². The highest BCUT2D eigenvalue weighted by atomic mass is 17.1. The fraction of sp³-hybridized carbons (Fsp3) is 0.324. The van der Waals surface area contributed by atoms with Crippen LogP contribution in [-0.2, 0) is 34.1 Å². The molecule has 0 fully saturated rings. The predicted octanol–water partition coefficient (Wildman–Crippen LogP) is 9.03. The van der Waals surface area contributed by atoms with Gasteiger partial charge in [-0.2, -0.15) is 0 Å². The molecule has 2 atom stereocenters. The van der Waals surface area contributed by atoms with E-state index in [-0.39, 0.29) is 18.9 Å². The summed E-state index contributed by atoms with van der Waals surface area (Å²) in [6.45, 7) is 11.1. The zero-order valence-corrected chi connectivity index (χ0v) is 26.1. The quantitative estimate of drug-likeness (QED) is 0.0903. The molecule has 0 spiro atoms. The zero-order valence-electron chi connectivity index (χ0n) is 26.1. The van der Waals surface area contributed by atoms with Crippen molar-refractivity contribution in [3.05, 3.63) is 131 Å². The summed E-state index contributed by atoms with van der Waals surface area (Å²) in [5.74, 6) is 0.875. The Morgan fingerprint density at radius 2 is 1.12 bits per heavy atom. The third-order valence-corrected chi connectivity index (χ3v) is 6.54. The molecule has 6 heteroatoms. The number of carbonyl (C=O) groups is 1. The first-order valence-corrected chi connectivity index (χ1v) is 15.1. The lowest BCUT2D eigenvalue weighted by Gasteiger charge is -2.21. The van der Waals surface area contributed by atoms with Gasteiger partial charge < -0.3 is 14.2 Å². The lowest BCUT2D eigenvalue weighted by atomic mass is 9.93. The first kappa shape index (κ1) is 35.1. The highest BCUT2D eigenvalue weighted by molar-refractivity contribution is 5.70. The van der Waals surface area contributed by atoms with Crippen molar-refractivity contribution in [3.8, 4) is 11.5 Å². The minimum Gasteiger partial charge on any atom is -0.489 e. The van der Waals surface area contributed by atoms with E-state index in [9.17, 15) is 10.1 Å². The lowest BCUT2D eigenvalue weighted by molar-refractivity contribution is -0.283. The monoisotopic (exact) mass is 586 g/mol. The van der Waals surface area contributed by atoms with Crippen LogP contribution < -0.4 is 9.47 Å². The molecule has 0 aliphatic heterocycles. The van der Waals surface area contributed by atoms with Crippen molar-refractivity contribution in [2.75, 3.05) is 6.61 Å². The average molecular weight is 587 g/mol. The number of rotatable bonds is 14. The van der Waals surface area contributed by atoms with Crippen LogP contribution in [0.15, 0.2) is 109 Å². The average Bonchev–Trinajstić information content (AvgIpc) is 3.08. The topological polar surface area (TPSA) is 74.2 Å². The van der Waals surface area contributed by atoms with Gasteiger partial charge in [0.2, 0.25) is 0 Å². The van der Waals surface area contributed by atoms with E-state index < -0.39 is 12.1 Å². The molecule has 0 aliphatic carbocycles. The Hall–Kier alpha value is -4.13.